The van der Waals surface area contributed by atoms with E-state index in [2.05, 4.69) is 15.3 Å². The van der Waals surface area contributed by atoms with Gasteiger partial charge in [0.15, 0.2) is 0 Å². The Kier molecular flexibility index (Phi) is 4.38. The zero-order chi connectivity index (χ0) is 19.8. The Balaban J connectivity index is 1.56. The maximum Gasteiger partial charge on any atom is 0.414 e. The van der Waals surface area contributed by atoms with Gasteiger partial charge in [0.1, 0.15) is 6.61 Å². The van der Waals surface area contributed by atoms with Gasteiger partial charge in [-0.05, 0) is 42.3 Å². The van der Waals surface area contributed by atoms with Crippen molar-refractivity contribution in [3.63, 3.8) is 0 Å². The number of cyclic esters (lactones) is 1. The summed E-state index contributed by atoms with van der Waals surface area (Å²) in [6.07, 6.45) is -0.376. The van der Waals surface area contributed by atoms with E-state index in [1.54, 1.807) is 47.4 Å². The number of fused-ring (bicyclic) bond motifs is 1. The maximum atomic E-state index is 12.6. The summed E-state index contributed by atoms with van der Waals surface area (Å²) in [5, 5.41) is 2.81. The highest BCUT2D eigenvalue weighted by atomic mass is 16.6. The number of hydrogen-bond donors (Lipinski definition) is 3. The number of nitrogens with one attached hydrogen (secondary N) is 3. The van der Waals surface area contributed by atoms with Gasteiger partial charge in [0.05, 0.1) is 22.8 Å². The van der Waals surface area contributed by atoms with E-state index in [0.717, 1.165) is 0 Å². The van der Waals surface area contributed by atoms with Gasteiger partial charge >= 0.3 is 11.8 Å². The number of H-pyrrole nitrogens is 2. The number of imidazole rings is 1. The van der Waals surface area contributed by atoms with Gasteiger partial charge in [-0.2, -0.15) is 0 Å². The normalized spacial score (nSPS) is 16.6. The van der Waals surface area contributed by atoms with Crippen LogP contribution in [0.15, 0.2) is 47.3 Å². The lowest BCUT2D eigenvalue weighted by atomic mass is 10.0. The standard InChI is InChI=1S/C20H20N4O4/c1-11(2)16-10-28-20(27)24(16)13-8-6-12(7-9-13)18(25)21-14-4-3-5-15-17(14)23-19(26)22-15/h3-9,11,16H,10H2,1-2H3,(H,21,25)(H2,22,23,26)/t16-/m1/s1. The van der Waals surface area contributed by atoms with Gasteiger partial charge in [0.2, 0.25) is 0 Å². The van der Waals surface area contributed by atoms with Crippen molar-refractivity contribution in [3.05, 3.63) is 58.5 Å². The SMILES string of the molecule is CC(C)[C@H]1COC(=O)N1c1ccc(C(=O)Nc2cccc3[nH]c(=O)[nH]c23)cc1. The molecule has 3 aromatic rings. The summed E-state index contributed by atoms with van der Waals surface area (Å²) in [6, 6.07) is 12.0. The Morgan fingerprint density at radius 2 is 1.89 bits per heavy atom. The molecule has 1 aromatic heterocycles. The first-order valence-electron chi connectivity index (χ1n) is 9.02. The number of aromatic nitrogens is 2. The molecule has 0 bridgehead atoms. The Hall–Kier alpha value is -3.55. The summed E-state index contributed by atoms with van der Waals surface area (Å²) >= 11 is 0. The van der Waals surface area contributed by atoms with E-state index in [0.29, 0.717) is 34.6 Å². The molecule has 144 valence electrons. The van der Waals surface area contributed by atoms with Crippen LogP contribution in [0.3, 0.4) is 0 Å². The summed E-state index contributed by atoms with van der Waals surface area (Å²) in [5.74, 6) is -0.0658. The quantitative estimate of drug-likeness (QED) is 0.646. The minimum Gasteiger partial charge on any atom is -0.447 e. The van der Waals surface area contributed by atoms with Gasteiger partial charge < -0.3 is 20.0 Å². The largest absolute Gasteiger partial charge is 0.447 e. The lowest BCUT2D eigenvalue weighted by Crippen LogP contribution is -2.37. The minimum atomic E-state index is -0.376. The molecule has 28 heavy (non-hydrogen) atoms. The van der Waals surface area contributed by atoms with E-state index < -0.39 is 0 Å². The number of benzene rings is 2. The average molecular weight is 380 g/mol. The van der Waals surface area contributed by atoms with Crippen LogP contribution in [0.2, 0.25) is 0 Å². The molecule has 0 radical (unpaired) electrons. The molecule has 1 aliphatic heterocycles. The highest BCUT2D eigenvalue weighted by molar-refractivity contribution is 6.08. The van der Waals surface area contributed by atoms with Gasteiger partial charge in [0.25, 0.3) is 5.91 Å². The molecule has 1 saturated heterocycles. The summed E-state index contributed by atoms with van der Waals surface area (Å²) < 4.78 is 5.17. The van der Waals surface area contributed by atoms with Crippen molar-refractivity contribution >= 4 is 34.4 Å². The number of rotatable bonds is 4. The summed E-state index contributed by atoms with van der Waals surface area (Å²) in [5.41, 5.74) is 2.45. The number of hydrogen-bond acceptors (Lipinski definition) is 4. The number of anilines is 2. The highest BCUT2D eigenvalue weighted by Crippen LogP contribution is 2.27. The Morgan fingerprint density at radius 3 is 2.61 bits per heavy atom. The Bertz CT molecular complexity index is 1100. The zero-order valence-corrected chi connectivity index (χ0v) is 15.5. The zero-order valence-electron chi connectivity index (χ0n) is 15.5. The number of carbonyl (C=O) groups excluding carboxylic acids is 2. The van der Waals surface area contributed by atoms with Gasteiger partial charge in [-0.1, -0.05) is 19.9 Å². The molecule has 4 rings (SSSR count). The van der Waals surface area contributed by atoms with E-state index in [1.165, 1.54) is 0 Å². The van der Waals surface area contributed by atoms with E-state index in [-0.39, 0.29) is 29.6 Å². The summed E-state index contributed by atoms with van der Waals surface area (Å²) in [7, 11) is 0. The van der Waals surface area contributed by atoms with E-state index in [1.807, 2.05) is 13.8 Å². The minimum absolute atomic E-state index is 0.0322. The van der Waals surface area contributed by atoms with Crippen LogP contribution < -0.4 is 15.9 Å². The maximum absolute atomic E-state index is 12.6. The third kappa shape index (κ3) is 3.13. The third-order valence-corrected chi connectivity index (χ3v) is 4.88. The molecular formula is C20H20N4O4. The molecule has 1 aliphatic rings. The summed E-state index contributed by atoms with van der Waals surface area (Å²) in [4.78, 5) is 43.1. The van der Waals surface area contributed by atoms with Crippen LogP contribution in [0.25, 0.3) is 11.0 Å². The van der Waals surface area contributed by atoms with E-state index >= 15 is 0 Å². The van der Waals surface area contributed by atoms with Crippen LogP contribution in [0.1, 0.15) is 24.2 Å². The van der Waals surface area contributed by atoms with Crippen LogP contribution >= 0.6 is 0 Å². The fraction of sp³-hybridized carbons (Fsp3) is 0.250. The van der Waals surface area contributed by atoms with Gasteiger partial charge in [0, 0.05) is 11.3 Å². The monoisotopic (exact) mass is 380 g/mol. The van der Waals surface area contributed by atoms with Gasteiger partial charge in [-0.15, -0.1) is 0 Å². The van der Waals surface area contributed by atoms with Crippen molar-refractivity contribution in [2.45, 2.75) is 19.9 Å². The van der Waals surface area contributed by atoms with Crippen molar-refractivity contribution in [2.24, 2.45) is 5.92 Å². The number of carbonyl (C=O) groups is 2. The van der Waals surface area contributed by atoms with E-state index in [9.17, 15) is 14.4 Å². The number of para-hydroxylation sites is 1. The Labute approximate surface area is 160 Å². The van der Waals surface area contributed by atoms with Gasteiger partial charge in [-0.3, -0.25) is 9.69 Å². The Morgan fingerprint density at radius 1 is 1.14 bits per heavy atom. The third-order valence-electron chi connectivity index (χ3n) is 4.88. The molecule has 0 unspecified atom stereocenters. The number of nitrogens with zero attached hydrogens (tertiary/aromatic N) is 1. The number of aromatic amines is 2. The molecule has 0 saturated carbocycles. The molecule has 0 aliphatic carbocycles. The topological polar surface area (TPSA) is 107 Å². The van der Waals surface area contributed by atoms with Crippen LogP contribution in [-0.2, 0) is 4.74 Å². The second-order valence-electron chi connectivity index (χ2n) is 7.07. The van der Waals surface area contributed by atoms with Crippen molar-refractivity contribution in [2.75, 3.05) is 16.8 Å². The molecule has 0 spiro atoms. The molecule has 2 aromatic carbocycles. The first kappa shape index (κ1) is 17.8. The first-order valence-corrected chi connectivity index (χ1v) is 9.02. The summed E-state index contributed by atoms with van der Waals surface area (Å²) in [6.45, 7) is 4.43. The highest BCUT2D eigenvalue weighted by Gasteiger charge is 2.36. The second-order valence-corrected chi connectivity index (χ2v) is 7.07. The van der Waals surface area contributed by atoms with Crippen molar-refractivity contribution in [1.82, 2.24) is 9.97 Å². The fourth-order valence-electron chi connectivity index (χ4n) is 3.35. The second kappa shape index (κ2) is 6.88. The number of ether oxygens (including phenoxy) is 1. The first-order chi connectivity index (χ1) is 13.4. The van der Waals surface area contributed by atoms with Crippen LogP contribution in [0.4, 0.5) is 16.2 Å². The lowest BCUT2D eigenvalue weighted by Gasteiger charge is -2.24. The molecule has 1 fully saturated rings. The molecule has 3 N–H and O–H groups in total. The van der Waals surface area contributed by atoms with E-state index in [4.69, 9.17) is 4.74 Å². The molecule has 2 heterocycles. The molecule has 8 nitrogen and oxygen atoms in total. The van der Waals surface area contributed by atoms with Crippen molar-refractivity contribution < 1.29 is 14.3 Å². The predicted molar refractivity (Wildman–Crippen MR) is 106 cm³/mol. The lowest BCUT2D eigenvalue weighted by molar-refractivity contribution is 0.102. The molecular weight excluding hydrogens is 360 g/mol. The predicted octanol–water partition coefficient (Wildman–Crippen LogP) is 3.09. The smallest absolute Gasteiger partial charge is 0.414 e. The average Bonchev–Trinajstić information content (AvgIpc) is 3.24. The van der Waals surface area contributed by atoms with Crippen molar-refractivity contribution in [3.8, 4) is 0 Å². The fourth-order valence-corrected chi connectivity index (χ4v) is 3.35. The van der Waals surface area contributed by atoms with Crippen LogP contribution in [0.5, 0.6) is 0 Å². The molecule has 8 heteroatoms. The van der Waals surface area contributed by atoms with Crippen LogP contribution in [0, 0.1) is 5.92 Å². The van der Waals surface area contributed by atoms with Crippen molar-refractivity contribution in [1.29, 1.82) is 0 Å². The molecule has 1 atom stereocenters. The van der Waals surface area contributed by atoms with Gasteiger partial charge in [-0.25, -0.2) is 9.59 Å². The number of amides is 2. The van der Waals surface area contributed by atoms with Crippen LogP contribution in [-0.4, -0.2) is 34.6 Å². The molecule has 2 amide bonds.